The summed E-state index contributed by atoms with van der Waals surface area (Å²) in [5.41, 5.74) is 0.407. The summed E-state index contributed by atoms with van der Waals surface area (Å²) in [7, 11) is 0. The normalized spacial score (nSPS) is 27.8. The molecule has 2 fully saturated rings. The van der Waals surface area contributed by atoms with Gasteiger partial charge in [-0.05, 0) is 52.1 Å². The van der Waals surface area contributed by atoms with Crippen LogP contribution in [0.2, 0.25) is 0 Å². The van der Waals surface area contributed by atoms with Crippen molar-refractivity contribution in [2.75, 3.05) is 45.8 Å². The Hall–Kier alpha value is -0.120. The molecule has 1 atom stereocenters. The highest BCUT2D eigenvalue weighted by atomic mass is 15.2. The second-order valence-electron chi connectivity index (χ2n) is 6.65. The summed E-state index contributed by atoms with van der Waals surface area (Å²) in [6, 6.07) is 0. The molecule has 0 bridgehead atoms. The molecule has 0 saturated carbocycles. The fraction of sp³-hybridized carbons (Fsp3) is 1.00. The van der Waals surface area contributed by atoms with E-state index in [9.17, 15) is 0 Å². The Bertz CT molecular complexity index is 246. The molecule has 0 aromatic rings. The minimum Gasteiger partial charge on any atom is -0.314 e. The average Bonchev–Trinajstić information content (AvgIpc) is 2.87. The first-order valence-corrected chi connectivity index (χ1v) is 7.80. The van der Waals surface area contributed by atoms with E-state index in [4.69, 9.17) is 0 Å². The number of nitrogens with one attached hydrogen (secondary N) is 1. The Balaban J connectivity index is 1.69. The average molecular weight is 253 g/mol. The first-order valence-electron chi connectivity index (χ1n) is 7.80. The Morgan fingerprint density at radius 1 is 1.17 bits per heavy atom. The Morgan fingerprint density at radius 2 is 1.89 bits per heavy atom. The topological polar surface area (TPSA) is 18.5 Å². The van der Waals surface area contributed by atoms with E-state index in [1.165, 1.54) is 65.1 Å². The summed E-state index contributed by atoms with van der Waals surface area (Å²) in [5, 5.41) is 3.43. The summed E-state index contributed by atoms with van der Waals surface area (Å²) in [5.74, 6) is 0.936. The summed E-state index contributed by atoms with van der Waals surface area (Å²) >= 11 is 0. The van der Waals surface area contributed by atoms with Gasteiger partial charge in [0.25, 0.3) is 0 Å². The molecule has 18 heavy (non-hydrogen) atoms. The molecule has 0 spiro atoms. The number of hydrogen-bond donors (Lipinski definition) is 1. The summed E-state index contributed by atoms with van der Waals surface area (Å²) in [4.78, 5) is 5.33. The van der Waals surface area contributed by atoms with Crippen LogP contribution in [0.5, 0.6) is 0 Å². The van der Waals surface area contributed by atoms with Gasteiger partial charge in [0.15, 0.2) is 0 Å². The second-order valence-corrected chi connectivity index (χ2v) is 6.65. The Labute approximate surface area is 113 Å². The molecule has 1 N–H and O–H groups in total. The highest BCUT2D eigenvalue weighted by Crippen LogP contribution is 2.28. The van der Waals surface area contributed by atoms with Crippen LogP contribution in [0.15, 0.2) is 0 Å². The van der Waals surface area contributed by atoms with Gasteiger partial charge >= 0.3 is 0 Å². The molecule has 3 nitrogen and oxygen atoms in total. The fourth-order valence-corrected chi connectivity index (χ4v) is 3.14. The van der Waals surface area contributed by atoms with Crippen LogP contribution in [0.4, 0.5) is 0 Å². The molecule has 0 aromatic heterocycles. The van der Waals surface area contributed by atoms with E-state index in [0.717, 1.165) is 5.92 Å². The van der Waals surface area contributed by atoms with Crippen LogP contribution in [-0.2, 0) is 0 Å². The maximum atomic E-state index is 3.43. The van der Waals surface area contributed by atoms with Gasteiger partial charge in [0.05, 0.1) is 0 Å². The summed E-state index contributed by atoms with van der Waals surface area (Å²) in [6.07, 6.45) is 4.07. The van der Waals surface area contributed by atoms with Crippen LogP contribution in [0, 0.1) is 5.92 Å². The van der Waals surface area contributed by atoms with Gasteiger partial charge in [0.2, 0.25) is 0 Å². The molecule has 2 heterocycles. The number of likely N-dealkylation sites (tertiary alicyclic amines) is 1. The minimum absolute atomic E-state index is 0.407. The van der Waals surface area contributed by atoms with Crippen molar-refractivity contribution in [1.29, 1.82) is 0 Å². The zero-order valence-corrected chi connectivity index (χ0v) is 12.5. The molecule has 0 aliphatic carbocycles. The van der Waals surface area contributed by atoms with Crippen LogP contribution in [0.3, 0.4) is 0 Å². The lowest BCUT2D eigenvalue weighted by molar-refractivity contribution is 0.141. The largest absolute Gasteiger partial charge is 0.314 e. The molecule has 0 aromatic carbocycles. The predicted octanol–water partition coefficient (Wildman–Crippen LogP) is 1.79. The lowest BCUT2D eigenvalue weighted by Gasteiger charge is -2.35. The minimum atomic E-state index is 0.407. The van der Waals surface area contributed by atoms with E-state index in [0.29, 0.717) is 5.54 Å². The molecular weight excluding hydrogens is 222 g/mol. The number of rotatable bonds is 5. The van der Waals surface area contributed by atoms with Gasteiger partial charge in [-0.2, -0.15) is 0 Å². The highest BCUT2D eigenvalue weighted by molar-refractivity contribution is 4.87. The van der Waals surface area contributed by atoms with Crippen LogP contribution in [-0.4, -0.2) is 61.2 Å². The van der Waals surface area contributed by atoms with Crippen LogP contribution >= 0.6 is 0 Å². The van der Waals surface area contributed by atoms with E-state index >= 15 is 0 Å². The Morgan fingerprint density at radius 3 is 2.56 bits per heavy atom. The second kappa shape index (κ2) is 6.36. The van der Waals surface area contributed by atoms with Crippen molar-refractivity contribution in [2.45, 2.75) is 45.6 Å². The van der Waals surface area contributed by atoms with E-state index < -0.39 is 0 Å². The number of piperazine rings is 1. The lowest BCUT2D eigenvalue weighted by Crippen LogP contribution is -2.44. The Kier molecular flexibility index (Phi) is 5.05. The van der Waals surface area contributed by atoms with Gasteiger partial charge in [-0.3, -0.25) is 4.90 Å². The van der Waals surface area contributed by atoms with Crippen molar-refractivity contribution in [3.05, 3.63) is 0 Å². The quantitative estimate of drug-likeness (QED) is 0.806. The molecule has 3 heteroatoms. The molecule has 2 saturated heterocycles. The molecule has 0 radical (unpaired) electrons. The molecule has 2 rings (SSSR count). The number of nitrogens with zero attached hydrogens (tertiary/aromatic N) is 2. The predicted molar refractivity (Wildman–Crippen MR) is 78.0 cm³/mol. The highest BCUT2D eigenvalue weighted by Gasteiger charge is 2.32. The SMILES string of the molecule is CCC(C)(C)N1CCC(CCN2CCNCC2)C1. The van der Waals surface area contributed by atoms with E-state index in [2.05, 4.69) is 35.9 Å². The van der Waals surface area contributed by atoms with Crippen LogP contribution < -0.4 is 5.32 Å². The summed E-state index contributed by atoms with van der Waals surface area (Å²) < 4.78 is 0. The van der Waals surface area contributed by atoms with Crippen molar-refractivity contribution >= 4 is 0 Å². The van der Waals surface area contributed by atoms with Gasteiger partial charge in [-0.15, -0.1) is 0 Å². The first-order chi connectivity index (χ1) is 8.62. The van der Waals surface area contributed by atoms with E-state index in [1.807, 2.05) is 0 Å². The number of hydrogen-bond acceptors (Lipinski definition) is 3. The zero-order chi connectivity index (χ0) is 13.0. The zero-order valence-electron chi connectivity index (χ0n) is 12.5. The monoisotopic (exact) mass is 253 g/mol. The maximum Gasteiger partial charge on any atom is 0.0150 e. The molecular formula is C15H31N3. The molecule has 2 aliphatic rings. The smallest absolute Gasteiger partial charge is 0.0150 e. The third-order valence-corrected chi connectivity index (χ3v) is 5.07. The van der Waals surface area contributed by atoms with Crippen LogP contribution in [0.1, 0.15) is 40.0 Å². The maximum absolute atomic E-state index is 3.43. The fourth-order valence-electron chi connectivity index (χ4n) is 3.14. The van der Waals surface area contributed by atoms with E-state index in [-0.39, 0.29) is 0 Å². The standard InChI is InChI=1S/C15H31N3/c1-4-15(2,3)18-10-6-14(13-18)5-9-17-11-7-16-8-12-17/h14,16H,4-13H2,1-3H3. The van der Waals surface area contributed by atoms with Gasteiger partial charge in [-0.1, -0.05) is 6.92 Å². The van der Waals surface area contributed by atoms with Gasteiger partial charge in [0, 0.05) is 38.3 Å². The third kappa shape index (κ3) is 3.69. The molecule has 2 aliphatic heterocycles. The van der Waals surface area contributed by atoms with Crippen LogP contribution in [0.25, 0.3) is 0 Å². The summed E-state index contributed by atoms with van der Waals surface area (Å²) in [6.45, 7) is 15.9. The van der Waals surface area contributed by atoms with Crippen molar-refractivity contribution in [2.24, 2.45) is 5.92 Å². The third-order valence-electron chi connectivity index (χ3n) is 5.07. The van der Waals surface area contributed by atoms with Gasteiger partial charge < -0.3 is 10.2 Å². The lowest BCUT2D eigenvalue weighted by atomic mass is 9.99. The van der Waals surface area contributed by atoms with Crippen molar-refractivity contribution in [3.8, 4) is 0 Å². The molecule has 0 amide bonds. The first kappa shape index (κ1) is 14.3. The molecule has 106 valence electrons. The van der Waals surface area contributed by atoms with Gasteiger partial charge in [0.1, 0.15) is 0 Å². The van der Waals surface area contributed by atoms with E-state index in [1.54, 1.807) is 0 Å². The van der Waals surface area contributed by atoms with Crippen molar-refractivity contribution < 1.29 is 0 Å². The van der Waals surface area contributed by atoms with Gasteiger partial charge in [-0.25, -0.2) is 0 Å². The van der Waals surface area contributed by atoms with Crippen molar-refractivity contribution in [3.63, 3.8) is 0 Å². The molecule has 1 unspecified atom stereocenters. The van der Waals surface area contributed by atoms with Crippen molar-refractivity contribution in [1.82, 2.24) is 15.1 Å².